The fourth-order valence-corrected chi connectivity index (χ4v) is 6.05. The van der Waals surface area contributed by atoms with Crippen LogP contribution in [-0.4, -0.2) is 55.4 Å². The number of nitrogens with zero attached hydrogens (tertiary/aromatic N) is 7. The SMILES string of the molecule is COc1ccc(F)cc1[C@H]1CCCN1c1nn2ccccc2c1C(=O)NC1CCC(c2nnnn2C)CC1. The van der Waals surface area contributed by atoms with Gasteiger partial charge < -0.3 is 15.0 Å². The van der Waals surface area contributed by atoms with E-state index >= 15 is 0 Å². The molecule has 4 heterocycles. The highest BCUT2D eigenvalue weighted by molar-refractivity contribution is 6.06. The molecule has 198 valence electrons. The number of halogens is 1. The number of aromatic nitrogens is 6. The maximum Gasteiger partial charge on any atom is 0.257 e. The third-order valence-corrected chi connectivity index (χ3v) is 7.90. The van der Waals surface area contributed by atoms with Crippen LogP contribution in [0.4, 0.5) is 10.2 Å². The van der Waals surface area contributed by atoms with Crippen LogP contribution >= 0.6 is 0 Å². The summed E-state index contributed by atoms with van der Waals surface area (Å²) in [4.78, 5) is 16.0. The van der Waals surface area contributed by atoms with Crippen LogP contribution in [0.2, 0.25) is 0 Å². The maximum atomic E-state index is 14.3. The Morgan fingerprint density at radius 1 is 1.13 bits per heavy atom. The molecule has 6 rings (SSSR count). The molecule has 0 unspecified atom stereocenters. The van der Waals surface area contributed by atoms with Crippen LogP contribution in [0, 0.1) is 5.82 Å². The molecule has 38 heavy (non-hydrogen) atoms. The highest BCUT2D eigenvalue weighted by Crippen LogP contribution is 2.41. The van der Waals surface area contributed by atoms with Gasteiger partial charge in [-0.3, -0.25) is 4.79 Å². The molecule has 1 atom stereocenters. The minimum absolute atomic E-state index is 0.0594. The third-order valence-electron chi connectivity index (χ3n) is 7.90. The van der Waals surface area contributed by atoms with Crippen molar-refractivity contribution in [1.29, 1.82) is 0 Å². The Hall–Kier alpha value is -4.02. The van der Waals surface area contributed by atoms with Crippen LogP contribution in [0.3, 0.4) is 0 Å². The van der Waals surface area contributed by atoms with Gasteiger partial charge in [-0.25, -0.2) is 13.6 Å². The zero-order valence-electron chi connectivity index (χ0n) is 21.5. The number of methoxy groups -OCH3 is 1. The number of nitrogens with one attached hydrogen (secondary N) is 1. The van der Waals surface area contributed by atoms with E-state index in [4.69, 9.17) is 9.84 Å². The minimum Gasteiger partial charge on any atom is -0.496 e. The molecule has 11 heteroatoms. The van der Waals surface area contributed by atoms with Crippen LogP contribution in [-0.2, 0) is 7.05 Å². The van der Waals surface area contributed by atoms with Gasteiger partial charge in [0.05, 0.1) is 18.7 Å². The third kappa shape index (κ3) is 4.35. The van der Waals surface area contributed by atoms with Gasteiger partial charge in [0.25, 0.3) is 5.91 Å². The molecule has 1 aliphatic heterocycles. The number of tetrazole rings is 1. The standard InChI is InChI=1S/C27H31FN8O2/c1-34-25(30-32-33-34)17-8-11-19(12-9-17)29-27(37)24-22-6-3-4-15-36(22)31-26(24)35-14-5-7-21(35)20-16-18(28)10-13-23(20)38-2/h3-4,6,10,13,15-17,19,21H,5,7-9,11-12,14H2,1-2H3,(H,29,37)/t17?,19?,21-/m1/s1. The Morgan fingerprint density at radius 2 is 1.97 bits per heavy atom. The summed E-state index contributed by atoms with van der Waals surface area (Å²) in [5.74, 6) is 1.99. The number of hydrogen-bond donors (Lipinski definition) is 1. The first-order valence-electron chi connectivity index (χ1n) is 13.1. The largest absolute Gasteiger partial charge is 0.496 e. The van der Waals surface area contributed by atoms with Crippen LogP contribution in [0.25, 0.3) is 5.52 Å². The van der Waals surface area contributed by atoms with Gasteiger partial charge in [-0.2, -0.15) is 0 Å². The molecule has 2 aliphatic rings. The van der Waals surface area contributed by atoms with E-state index in [-0.39, 0.29) is 23.8 Å². The predicted molar refractivity (Wildman–Crippen MR) is 139 cm³/mol. The molecule has 4 aromatic rings. The number of carbonyl (C=O) groups excluding carboxylic acids is 1. The Balaban J connectivity index is 1.28. The Labute approximate surface area is 219 Å². The van der Waals surface area contributed by atoms with E-state index in [1.165, 1.54) is 12.1 Å². The smallest absolute Gasteiger partial charge is 0.257 e. The molecular weight excluding hydrogens is 487 g/mol. The first-order chi connectivity index (χ1) is 18.5. The van der Waals surface area contributed by atoms with Crippen molar-refractivity contribution in [3.8, 4) is 5.75 Å². The molecular formula is C27H31FN8O2. The van der Waals surface area contributed by atoms with E-state index in [1.54, 1.807) is 22.4 Å². The summed E-state index contributed by atoms with van der Waals surface area (Å²) in [6.07, 6.45) is 7.09. The highest BCUT2D eigenvalue weighted by atomic mass is 19.1. The van der Waals surface area contributed by atoms with Crippen LogP contribution in [0.15, 0.2) is 42.6 Å². The van der Waals surface area contributed by atoms with Crippen LogP contribution in [0.5, 0.6) is 5.75 Å². The summed E-state index contributed by atoms with van der Waals surface area (Å²) in [6.45, 7) is 0.714. The molecule has 1 amide bonds. The zero-order chi connectivity index (χ0) is 26.2. The van der Waals surface area contributed by atoms with Crippen molar-refractivity contribution in [3.63, 3.8) is 0 Å². The molecule has 1 saturated heterocycles. The lowest BCUT2D eigenvalue weighted by Gasteiger charge is -2.29. The summed E-state index contributed by atoms with van der Waals surface area (Å²) < 4.78 is 23.3. The molecule has 1 N–H and O–H groups in total. The number of benzene rings is 1. The van der Waals surface area contributed by atoms with Gasteiger partial charge in [0.1, 0.15) is 17.1 Å². The second-order valence-electron chi connectivity index (χ2n) is 10.1. The van der Waals surface area contributed by atoms with Gasteiger partial charge in [0, 0.05) is 37.3 Å². The molecule has 10 nitrogen and oxygen atoms in total. The lowest BCUT2D eigenvalue weighted by atomic mass is 9.85. The number of hydrogen-bond acceptors (Lipinski definition) is 7. The van der Waals surface area contributed by atoms with Gasteiger partial charge >= 0.3 is 0 Å². The number of amides is 1. The lowest BCUT2D eigenvalue weighted by molar-refractivity contribution is 0.0927. The van der Waals surface area contributed by atoms with Crippen molar-refractivity contribution >= 4 is 17.2 Å². The van der Waals surface area contributed by atoms with Crippen molar-refractivity contribution in [1.82, 2.24) is 35.1 Å². The summed E-state index contributed by atoms with van der Waals surface area (Å²) in [5, 5.41) is 20.0. The molecule has 0 radical (unpaired) electrons. The molecule has 1 aromatic carbocycles. The number of aryl methyl sites for hydroxylation is 1. The quantitative estimate of drug-likeness (QED) is 0.414. The normalized spacial score (nSPS) is 21.7. The van der Waals surface area contributed by atoms with E-state index in [0.29, 0.717) is 29.6 Å². The van der Waals surface area contributed by atoms with E-state index in [1.807, 2.05) is 31.4 Å². The molecule has 0 spiro atoms. The van der Waals surface area contributed by atoms with Gasteiger partial charge in [-0.05, 0) is 79.3 Å². The average Bonchev–Trinajstić information content (AvgIpc) is 3.67. The van der Waals surface area contributed by atoms with Crippen molar-refractivity contribution in [2.24, 2.45) is 7.05 Å². The van der Waals surface area contributed by atoms with Gasteiger partial charge in [-0.15, -0.1) is 10.2 Å². The number of rotatable bonds is 6. The van der Waals surface area contributed by atoms with Gasteiger partial charge in [0.15, 0.2) is 11.6 Å². The highest BCUT2D eigenvalue weighted by Gasteiger charge is 2.35. The number of ether oxygens (including phenoxy) is 1. The molecule has 1 aliphatic carbocycles. The Bertz CT molecular complexity index is 1460. The van der Waals surface area contributed by atoms with E-state index in [2.05, 4.69) is 25.7 Å². The molecule has 0 bridgehead atoms. The van der Waals surface area contributed by atoms with Crippen molar-refractivity contribution in [2.75, 3.05) is 18.6 Å². The lowest BCUT2D eigenvalue weighted by Crippen LogP contribution is -2.38. The number of anilines is 1. The second-order valence-corrected chi connectivity index (χ2v) is 10.1. The average molecular weight is 519 g/mol. The number of pyridine rings is 1. The molecule has 3 aromatic heterocycles. The Morgan fingerprint density at radius 3 is 2.74 bits per heavy atom. The maximum absolute atomic E-state index is 14.3. The van der Waals surface area contributed by atoms with E-state index in [0.717, 1.165) is 55.4 Å². The van der Waals surface area contributed by atoms with E-state index < -0.39 is 0 Å². The fraction of sp³-hybridized carbons (Fsp3) is 0.444. The predicted octanol–water partition coefficient (Wildman–Crippen LogP) is 3.80. The first-order valence-corrected chi connectivity index (χ1v) is 13.1. The van der Waals surface area contributed by atoms with Crippen LogP contribution < -0.4 is 15.0 Å². The van der Waals surface area contributed by atoms with Crippen molar-refractivity contribution in [3.05, 3.63) is 65.4 Å². The minimum atomic E-state index is -0.312. The summed E-state index contributed by atoms with van der Waals surface area (Å²) in [5.41, 5.74) is 2.06. The molecule has 2 fully saturated rings. The monoisotopic (exact) mass is 518 g/mol. The van der Waals surface area contributed by atoms with Gasteiger partial charge in [-0.1, -0.05) is 6.07 Å². The van der Waals surface area contributed by atoms with Gasteiger partial charge in [0.2, 0.25) is 0 Å². The van der Waals surface area contributed by atoms with Crippen LogP contribution in [0.1, 0.15) is 72.2 Å². The Kier molecular flexibility index (Phi) is 6.42. The summed E-state index contributed by atoms with van der Waals surface area (Å²) >= 11 is 0. The zero-order valence-corrected chi connectivity index (χ0v) is 21.5. The molecule has 1 saturated carbocycles. The van der Waals surface area contributed by atoms with Crippen molar-refractivity contribution < 1.29 is 13.9 Å². The van der Waals surface area contributed by atoms with Crippen molar-refractivity contribution in [2.45, 2.75) is 56.5 Å². The first kappa shape index (κ1) is 24.3. The van der Waals surface area contributed by atoms with E-state index in [9.17, 15) is 9.18 Å². The number of carbonyl (C=O) groups is 1. The fourth-order valence-electron chi connectivity index (χ4n) is 6.05. The number of fused-ring (bicyclic) bond motifs is 1. The second kappa shape index (κ2) is 10.0. The summed E-state index contributed by atoms with van der Waals surface area (Å²) in [6, 6.07) is 10.2. The summed E-state index contributed by atoms with van der Waals surface area (Å²) in [7, 11) is 3.45. The topological polar surface area (TPSA) is 102 Å².